The summed E-state index contributed by atoms with van der Waals surface area (Å²) >= 11 is 1.19. The number of hydrogen-bond donors (Lipinski definition) is 2. The standard InChI is InChI=1S/C20H25N5O2S/c1-13(2)25(14(3)4)10-9-22-19(27)17-12-28-20(23-17)24-18(26)16-7-5-15(11-21)6-8-16/h5-8,12-14H,9-10H2,1-4H3,(H,22,27)(H,23,24,26). The molecule has 2 rings (SSSR count). The van der Waals surface area contributed by atoms with E-state index in [0.717, 1.165) is 6.54 Å². The fraction of sp³-hybridized carbons (Fsp3) is 0.400. The van der Waals surface area contributed by atoms with Gasteiger partial charge >= 0.3 is 0 Å². The molecule has 7 nitrogen and oxygen atoms in total. The van der Waals surface area contributed by atoms with Crippen molar-refractivity contribution in [2.75, 3.05) is 18.4 Å². The zero-order valence-corrected chi connectivity index (χ0v) is 17.3. The number of benzene rings is 1. The molecule has 0 saturated carbocycles. The smallest absolute Gasteiger partial charge is 0.270 e. The number of amides is 2. The van der Waals surface area contributed by atoms with Gasteiger partial charge in [-0.15, -0.1) is 11.3 Å². The second-order valence-electron chi connectivity index (χ2n) is 6.86. The Morgan fingerprint density at radius 3 is 2.36 bits per heavy atom. The highest BCUT2D eigenvalue weighted by Crippen LogP contribution is 2.17. The third kappa shape index (κ3) is 5.87. The normalized spacial score (nSPS) is 10.9. The molecule has 28 heavy (non-hydrogen) atoms. The second-order valence-corrected chi connectivity index (χ2v) is 7.72. The Kier molecular flexibility index (Phi) is 7.67. The van der Waals surface area contributed by atoms with Crippen molar-refractivity contribution in [1.82, 2.24) is 15.2 Å². The number of aromatic nitrogens is 1. The van der Waals surface area contributed by atoms with Gasteiger partial charge in [0.05, 0.1) is 11.6 Å². The van der Waals surface area contributed by atoms with E-state index in [2.05, 4.69) is 48.2 Å². The van der Waals surface area contributed by atoms with Gasteiger partial charge in [0.1, 0.15) is 5.69 Å². The molecule has 0 saturated heterocycles. The van der Waals surface area contributed by atoms with Crippen LogP contribution < -0.4 is 10.6 Å². The molecule has 8 heteroatoms. The molecule has 0 spiro atoms. The summed E-state index contributed by atoms with van der Waals surface area (Å²) < 4.78 is 0. The van der Waals surface area contributed by atoms with Gasteiger partial charge in [0.15, 0.2) is 5.13 Å². The summed E-state index contributed by atoms with van der Waals surface area (Å²) in [5.74, 6) is -0.599. The zero-order chi connectivity index (χ0) is 20.7. The van der Waals surface area contributed by atoms with Gasteiger partial charge in [0, 0.05) is 36.1 Å². The van der Waals surface area contributed by atoms with E-state index >= 15 is 0 Å². The first-order valence-corrected chi connectivity index (χ1v) is 10.0. The van der Waals surface area contributed by atoms with Crippen molar-refractivity contribution in [3.63, 3.8) is 0 Å². The number of anilines is 1. The molecule has 1 aromatic heterocycles. The number of nitrogens with one attached hydrogen (secondary N) is 2. The maximum absolute atomic E-state index is 12.3. The molecule has 0 radical (unpaired) electrons. The van der Waals surface area contributed by atoms with Gasteiger partial charge in [-0.05, 0) is 52.0 Å². The summed E-state index contributed by atoms with van der Waals surface area (Å²) in [6.45, 7) is 9.80. The average molecular weight is 400 g/mol. The summed E-state index contributed by atoms with van der Waals surface area (Å²) in [5.41, 5.74) is 1.18. The third-order valence-corrected chi connectivity index (χ3v) is 4.97. The Labute approximate surface area is 169 Å². The number of nitrogens with zero attached hydrogens (tertiary/aromatic N) is 3. The van der Waals surface area contributed by atoms with Crippen LogP contribution >= 0.6 is 11.3 Å². The topological polar surface area (TPSA) is 98.1 Å². The molecule has 1 aromatic carbocycles. The van der Waals surface area contributed by atoms with Crippen LogP contribution in [0, 0.1) is 11.3 Å². The zero-order valence-electron chi connectivity index (χ0n) is 16.5. The summed E-state index contributed by atoms with van der Waals surface area (Å²) in [6, 6.07) is 9.11. The number of nitriles is 1. The van der Waals surface area contributed by atoms with Gasteiger partial charge in [-0.3, -0.25) is 19.8 Å². The van der Waals surface area contributed by atoms with Gasteiger partial charge in [-0.1, -0.05) is 0 Å². The van der Waals surface area contributed by atoms with Crippen LogP contribution in [0.2, 0.25) is 0 Å². The van der Waals surface area contributed by atoms with Gasteiger partial charge in [-0.25, -0.2) is 4.98 Å². The Hall–Kier alpha value is -2.76. The van der Waals surface area contributed by atoms with Crippen molar-refractivity contribution in [2.24, 2.45) is 0 Å². The molecule has 0 aliphatic heterocycles. The molecule has 0 bridgehead atoms. The Bertz CT molecular complexity index is 844. The monoisotopic (exact) mass is 399 g/mol. The van der Waals surface area contributed by atoms with E-state index in [9.17, 15) is 9.59 Å². The van der Waals surface area contributed by atoms with Crippen LogP contribution in [0.1, 0.15) is 54.1 Å². The SMILES string of the molecule is CC(C)N(CCNC(=O)c1csc(NC(=O)c2ccc(C#N)cc2)n1)C(C)C. The van der Waals surface area contributed by atoms with Crippen LogP contribution in [0.3, 0.4) is 0 Å². The van der Waals surface area contributed by atoms with E-state index in [1.54, 1.807) is 29.6 Å². The highest BCUT2D eigenvalue weighted by Gasteiger charge is 2.16. The highest BCUT2D eigenvalue weighted by molar-refractivity contribution is 7.14. The molecule has 0 aliphatic rings. The summed E-state index contributed by atoms with van der Waals surface area (Å²) in [7, 11) is 0. The lowest BCUT2D eigenvalue weighted by Crippen LogP contribution is -2.42. The molecule has 2 N–H and O–H groups in total. The second kappa shape index (κ2) is 9.97. The Morgan fingerprint density at radius 2 is 1.79 bits per heavy atom. The molecule has 0 aliphatic carbocycles. The number of carbonyl (C=O) groups is 2. The summed E-state index contributed by atoms with van der Waals surface area (Å²) in [4.78, 5) is 31.0. The molecule has 0 fully saturated rings. The van der Waals surface area contributed by atoms with Crippen LogP contribution in [0.15, 0.2) is 29.6 Å². The third-order valence-electron chi connectivity index (χ3n) is 4.22. The summed E-state index contributed by atoms with van der Waals surface area (Å²) in [6.07, 6.45) is 0. The van der Waals surface area contributed by atoms with Gasteiger partial charge in [0.25, 0.3) is 11.8 Å². The first-order valence-electron chi connectivity index (χ1n) is 9.12. The fourth-order valence-electron chi connectivity index (χ4n) is 2.80. The Balaban J connectivity index is 1.89. The van der Waals surface area contributed by atoms with E-state index in [1.165, 1.54) is 11.3 Å². The van der Waals surface area contributed by atoms with E-state index in [4.69, 9.17) is 5.26 Å². The molecular formula is C20H25N5O2S. The van der Waals surface area contributed by atoms with Gasteiger partial charge < -0.3 is 5.32 Å². The maximum atomic E-state index is 12.3. The highest BCUT2D eigenvalue weighted by atomic mass is 32.1. The molecular weight excluding hydrogens is 374 g/mol. The summed E-state index contributed by atoms with van der Waals surface area (Å²) in [5, 5.41) is 16.3. The molecule has 2 aromatic rings. The van der Waals surface area contributed by atoms with Crippen LogP contribution in [-0.2, 0) is 0 Å². The van der Waals surface area contributed by atoms with E-state index in [0.29, 0.717) is 34.9 Å². The first-order chi connectivity index (χ1) is 13.3. The minimum Gasteiger partial charge on any atom is -0.349 e. The lowest BCUT2D eigenvalue weighted by molar-refractivity contribution is 0.0934. The minimum atomic E-state index is -0.338. The van der Waals surface area contributed by atoms with Crippen molar-refractivity contribution < 1.29 is 9.59 Å². The van der Waals surface area contributed by atoms with E-state index in [-0.39, 0.29) is 17.5 Å². The number of carbonyl (C=O) groups excluding carboxylic acids is 2. The lowest BCUT2D eigenvalue weighted by Gasteiger charge is -2.30. The molecule has 0 unspecified atom stereocenters. The predicted octanol–water partition coefficient (Wildman–Crippen LogP) is 3.12. The number of thiazole rings is 1. The van der Waals surface area contributed by atoms with Gasteiger partial charge in [0.2, 0.25) is 0 Å². The average Bonchev–Trinajstić information content (AvgIpc) is 3.13. The van der Waals surface area contributed by atoms with Crippen molar-refractivity contribution in [3.8, 4) is 6.07 Å². The van der Waals surface area contributed by atoms with Crippen LogP contribution in [0.5, 0.6) is 0 Å². The minimum absolute atomic E-state index is 0.261. The predicted molar refractivity (Wildman–Crippen MR) is 111 cm³/mol. The van der Waals surface area contributed by atoms with Crippen molar-refractivity contribution in [2.45, 2.75) is 39.8 Å². The molecule has 148 valence electrons. The largest absolute Gasteiger partial charge is 0.349 e. The van der Waals surface area contributed by atoms with Crippen LogP contribution in [0.25, 0.3) is 0 Å². The van der Waals surface area contributed by atoms with Crippen molar-refractivity contribution >= 4 is 28.3 Å². The van der Waals surface area contributed by atoms with E-state index in [1.807, 2.05) is 6.07 Å². The lowest BCUT2D eigenvalue weighted by atomic mass is 10.1. The van der Waals surface area contributed by atoms with Crippen LogP contribution in [0.4, 0.5) is 5.13 Å². The Morgan fingerprint density at radius 1 is 1.14 bits per heavy atom. The number of hydrogen-bond acceptors (Lipinski definition) is 6. The maximum Gasteiger partial charge on any atom is 0.270 e. The first kappa shape index (κ1) is 21.5. The van der Waals surface area contributed by atoms with E-state index < -0.39 is 0 Å². The molecule has 0 atom stereocenters. The number of rotatable bonds is 8. The van der Waals surface area contributed by atoms with Gasteiger partial charge in [-0.2, -0.15) is 5.26 Å². The molecule has 1 heterocycles. The quantitative estimate of drug-likeness (QED) is 0.711. The molecule has 2 amide bonds. The van der Waals surface area contributed by atoms with Crippen molar-refractivity contribution in [1.29, 1.82) is 5.26 Å². The van der Waals surface area contributed by atoms with Crippen molar-refractivity contribution in [3.05, 3.63) is 46.5 Å². The fourth-order valence-corrected chi connectivity index (χ4v) is 3.49. The van der Waals surface area contributed by atoms with Crippen LogP contribution in [-0.4, -0.2) is 46.9 Å².